The van der Waals surface area contributed by atoms with Crippen molar-refractivity contribution >= 4 is 40.0 Å². The molecule has 0 saturated heterocycles. The van der Waals surface area contributed by atoms with Crippen LogP contribution in [0.5, 0.6) is 0 Å². The molecule has 3 heterocycles. The van der Waals surface area contributed by atoms with E-state index < -0.39 is 6.23 Å². The zero-order valence-corrected chi connectivity index (χ0v) is 22.9. The number of hydrogen-bond acceptors (Lipinski definition) is 7. The van der Waals surface area contributed by atoms with E-state index in [-0.39, 0.29) is 5.43 Å². The summed E-state index contributed by atoms with van der Waals surface area (Å²) < 4.78 is 1.74. The maximum Gasteiger partial charge on any atom is 0.194 e. The summed E-state index contributed by atoms with van der Waals surface area (Å²) in [7, 11) is 1.87. The Kier molecular flexibility index (Phi) is 7.46. The molecule has 200 valence electrons. The van der Waals surface area contributed by atoms with Crippen molar-refractivity contribution in [2.45, 2.75) is 32.2 Å². The molecule has 1 unspecified atom stereocenters. The van der Waals surface area contributed by atoms with E-state index in [0.717, 1.165) is 43.9 Å². The third kappa shape index (κ3) is 5.70. The minimum Gasteiger partial charge on any atom is -0.379 e. The van der Waals surface area contributed by atoms with Crippen molar-refractivity contribution in [2.24, 2.45) is 12.0 Å². The highest BCUT2D eigenvalue weighted by Gasteiger charge is 2.14. The van der Waals surface area contributed by atoms with Gasteiger partial charge in [-0.15, -0.1) is 11.3 Å². The fraction of sp³-hybridized carbons (Fsp3) is 0.188. The number of rotatable bonds is 8. The summed E-state index contributed by atoms with van der Waals surface area (Å²) in [5.41, 5.74) is 6.33. The van der Waals surface area contributed by atoms with E-state index in [4.69, 9.17) is 0 Å². The van der Waals surface area contributed by atoms with Gasteiger partial charge in [-0.2, -0.15) is 5.10 Å². The number of benzene rings is 2. The lowest BCUT2D eigenvalue weighted by atomic mass is 10.0. The van der Waals surface area contributed by atoms with Gasteiger partial charge in [0.05, 0.1) is 18.4 Å². The Morgan fingerprint density at radius 1 is 1.10 bits per heavy atom. The van der Waals surface area contributed by atoms with Gasteiger partial charge in [0.2, 0.25) is 0 Å². The lowest BCUT2D eigenvalue weighted by Gasteiger charge is -2.12. The van der Waals surface area contributed by atoms with Gasteiger partial charge >= 0.3 is 0 Å². The maximum absolute atomic E-state index is 13.8. The lowest BCUT2D eigenvalue weighted by molar-refractivity contribution is 0.126. The van der Waals surface area contributed by atoms with Crippen molar-refractivity contribution in [3.63, 3.8) is 0 Å². The maximum atomic E-state index is 13.8. The van der Waals surface area contributed by atoms with E-state index in [9.17, 15) is 9.90 Å². The number of hydrogen-bond donors (Lipinski definition) is 2. The molecular weight excluding hydrogens is 518 g/mol. The Morgan fingerprint density at radius 3 is 2.77 bits per heavy atom. The van der Waals surface area contributed by atoms with Gasteiger partial charge in [-0.05, 0) is 41.5 Å². The van der Waals surface area contributed by atoms with Gasteiger partial charge in [-0.3, -0.25) is 19.8 Å². The monoisotopic (exact) mass is 547 g/mol. The van der Waals surface area contributed by atoms with E-state index in [1.54, 1.807) is 22.2 Å². The Labute approximate surface area is 236 Å². The van der Waals surface area contributed by atoms with Crippen LogP contribution in [0.1, 0.15) is 34.4 Å². The first-order valence-corrected chi connectivity index (χ1v) is 14.1. The van der Waals surface area contributed by atoms with Gasteiger partial charge in [0.25, 0.3) is 0 Å². The Hall–Kier alpha value is -4.24. The van der Waals surface area contributed by atoms with Gasteiger partial charge in [0.1, 0.15) is 11.2 Å². The topological polar surface area (TPSA) is 92.4 Å². The van der Waals surface area contributed by atoms with E-state index in [1.807, 2.05) is 91.6 Å². The van der Waals surface area contributed by atoms with Crippen LogP contribution in [0.2, 0.25) is 0 Å². The number of allylic oxidation sites excluding steroid dienone is 1. The fourth-order valence-electron chi connectivity index (χ4n) is 4.86. The average Bonchev–Trinajstić information content (AvgIpc) is 3.55. The summed E-state index contributed by atoms with van der Waals surface area (Å²) >= 11 is 1.60. The molecule has 0 aliphatic carbocycles. The molecule has 2 aromatic heterocycles. The normalized spacial score (nSPS) is 13.6. The minimum absolute atomic E-state index is 0.0137. The van der Waals surface area contributed by atoms with Crippen LogP contribution < -0.4 is 10.7 Å². The highest BCUT2D eigenvalue weighted by Crippen LogP contribution is 2.24. The third-order valence-corrected chi connectivity index (χ3v) is 7.98. The molecule has 6 rings (SSSR count). The van der Waals surface area contributed by atoms with Crippen LogP contribution in [0.3, 0.4) is 0 Å². The molecule has 2 N–H and O–H groups in total. The molecule has 1 aliphatic rings. The van der Waals surface area contributed by atoms with E-state index in [1.165, 1.54) is 0 Å². The molecule has 0 bridgehead atoms. The molecule has 3 aromatic carbocycles. The molecule has 0 amide bonds. The summed E-state index contributed by atoms with van der Waals surface area (Å²) in [5, 5.41) is 22.6. The van der Waals surface area contributed by atoms with E-state index in [0.29, 0.717) is 36.9 Å². The minimum atomic E-state index is -0.686. The Bertz CT molecular complexity index is 1790. The average molecular weight is 548 g/mol. The van der Waals surface area contributed by atoms with E-state index in [2.05, 4.69) is 20.4 Å². The number of nitrogens with one attached hydrogen (secondary N) is 1. The number of aliphatic hydroxyl groups is 1. The van der Waals surface area contributed by atoms with E-state index >= 15 is 0 Å². The number of aliphatic hydroxyl groups excluding tert-OH is 1. The van der Waals surface area contributed by atoms with Crippen molar-refractivity contribution in [3.05, 3.63) is 117 Å². The molecule has 0 fully saturated rings. The summed E-state index contributed by atoms with van der Waals surface area (Å²) in [4.78, 5) is 23.0. The first-order chi connectivity index (χ1) is 19.5. The van der Waals surface area contributed by atoms with Crippen molar-refractivity contribution in [2.75, 3.05) is 0 Å². The van der Waals surface area contributed by atoms with Crippen LogP contribution in [-0.2, 0) is 26.6 Å². The van der Waals surface area contributed by atoms with Gasteiger partial charge < -0.3 is 5.11 Å². The predicted molar refractivity (Wildman–Crippen MR) is 162 cm³/mol. The zero-order valence-electron chi connectivity index (χ0n) is 22.1. The number of aryl methyl sites for hydroxylation is 2. The lowest BCUT2D eigenvalue weighted by Crippen LogP contribution is -2.28. The first kappa shape index (κ1) is 26.0. The molecular formula is C32H29N5O2S. The summed E-state index contributed by atoms with van der Waals surface area (Å²) in [6.07, 6.45) is 7.90. The highest BCUT2D eigenvalue weighted by atomic mass is 32.1. The number of aromatic nitrogens is 3. The number of aliphatic imine (C=N–C) groups is 1. The Morgan fingerprint density at radius 2 is 1.95 bits per heavy atom. The molecule has 0 spiro atoms. The van der Waals surface area contributed by atoms with Crippen LogP contribution in [0, 0.1) is 0 Å². The zero-order chi connectivity index (χ0) is 27.5. The molecule has 1 atom stereocenters. The molecule has 1 aliphatic heterocycles. The molecule has 0 radical (unpaired) electrons. The number of thiazole rings is 1. The van der Waals surface area contributed by atoms with Gasteiger partial charge in [-0.25, -0.2) is 4.98 Å². The van der Waals surface area contributed by atoms with Crippen LogP contribution in [0.4, 0.5) is 0 Å². The molecule has 40 heavy (non-hydrogen) atoms. The molecule has 8 heteroatoms. The second-order valence-corrected chi connectivity index (χ2v) is 10.8. The number of fused-ring (bicyclic) bond motifs is 2. The van der Waals surface area contributed by atoms with Crippen LogP contribution in [-0.4, -0.2) is 32.3 Å². The Balaban J connectivity index is 1.17. The van der Waals surface area contributed by atoms with Crippen LogP contribution in [0.25, 0.3) is 33.0 Å². The van der Waals surface area contributed by atoms with Crippen molar-refractivity contribution < 1.29 is 5.11 Å². The van der Waals surface area contributed by atoms with Gasteiger partial charge in [0, 0.05) is 59.0 Å². The second kappa shape index (κ2) is 11.5. The van der Waals surface area contributed by atoms with Crippen molar-refractivity contribution in [1.82, 2.24) is 20.1 Å². The van der Waals surface area contributed by atoms with Gasteiger partial charge in [0.15, 0.2) is 5.43 Å². The summed E-state index contributed by atoms with van der Waals surface area (Å²) in [6.45, 7) is 0.935. The SMILES string of the molecule is Cn1cc(C2=Cc3c(ccc4ccc(CCC(O)NCc5csc(-c6ccccc6)n5)cc4c3=O)CN=C2)cn1. The quantitative estimate of drug-likeness (QED) is 0.260. The predicted octanol–water partition coefficient (Wildman–Crippen LogP) is 5.22. The van der Waals surface area contributed by atoms with Crippen molar-refractivity contribution in [3.8, 4) is 10.6 Å². The first-order valence-electron chi connectivity index (χ1n) is 13.2. The number of nitrogens with zero attached hydrogens (tertiary/aromatic N) is 4. The van der Waals surface area contributed by atoms with Gasteiger partial charge in [-0.1, -0.05) is 54.6 Å². The van der Waals surface area contributed by atoms with Crippen LogP contribution in [0.15, 0.2) is 88.2 Å². The molecule has 5 aromatic rings. The molecule has 0 saturated carbocycles. The third-order valence-electron chi connectivity index (χ3n) is 7.04. The second-order valence-electron chi connectivity index (χ2n) is 9.94. The van der Waals surface area contributed by atoms with Crippen LogP contribution >= 0.6 is 11.3 Å². The fourth-order valence-corrected chi connectivity index (χ4v) is 5.69. The largest absolute Gasteiger partial charge is 0.379 e. The van der Waals surface area contributed by atoms with Crippen molar-refractivity contribution in [1.29, 1.82) is 0 Å². The smallest absolute Gasteiger partial charge is 0.194 e. The standard InChI is InChI=1S/C32H29N5O2S/c1-37-19-26(17-35-37)25-14-29-24(15-33-16-25)11-10-22-9-7-21(13-28(22)31(29)39)8-12-30(38)34-18-27-20-40-32(36-27)23-5-3-2-4-6-23/h2-7,9-11,13-14,16-17,19-20,30,34,38H,8,12,15,18H2,1H3. The molecule has 7 nitrogen and oxygen atoms in total. The highest BCUT2D eigenvalue weighted by molar-refractivity contribution is 7.13. The summed E-state index contributed by atoms with van der Waals surface area (Å²) in [5.74, 6) is 0. The summed E-state index contributed by atoms with van der Waals surface area (Å²) in [6, 6.07) is 20.0.